The number of esters is 2. The molecule has 1 aliphatic heterocycles. The predicted molar refractivity (Wildman–Crippen MR) is 116 cm³/mol. The Kier molecular flexibility index (Phi) is 7.74. The molecule has 0 bridgehead atoms. The van der Waals surface area contributed by atoms with Crippen molar-refractivity contribution in [3.8, 4) is 0 Å². The molecule has 33 heavy (non-hydrogen) atoms. The Hall–Kier alpha value is -4.21. The number of benzene rings is 2. The molecule has 0 radical (unpaired) electrons. The number of carbonyl (C=O) groups excluding carboxylic acids is 5. The molecule has 0 saturated carbocycles. The molecule has 172 valence electrons. The number of methoxy groups -OCH3 is 1. The van der Waals surface area contributed by atoms with E-state index in [0.29, 0.717) is 5.69 Å². The average molecular weight is 453 g/mol. The smallest absolute Gasteiger partial charge is 0.338 e. The molecule has 0 aliphatic carbocycles. The van der Waals surface area contributed by atoms with Crippen molar-refractivity contribution < 1.29 is 33.4 Å². The molecule has 10 nitrogen and oxygen atoms in total. The van der Waals surface area contributed by atoms with E-state index in [4.69, 9.17) is 9.47 Å². The van der Waals surface area contributed by atoms with E-state index in [9.17, 15) is 24.0 Å². The summed E-state index contributed by atoms with van der Waals surface area (Å²) in [5.41, 5.74) is 3.83. The number of ether oxygens (including phenoxy) is 2. The van der Waals surface area contributed by atoms with Gasteiger partial charge in [0.05, 0.1) is 18.4 Å². The SMILES string of the molecule is COC(=O)C(Cc1ccccc1)NC(=O)COC(=O)c1ccc(N2NC(=O)CCC2=O)cc1. The van der Waals surface area contributed by atoms with E-state index in [1.54, 1.807) is 0 Å². The minimum atomic E-state index is -0.930. The molecule has 3 rings (SSSR count). The second kappa shape index (κ2) is 10.9. The van der Waals surface area contributed by atoms with Crippen LogP contribution in [0.25, 0.3) is 0 Å². The van der Waals surface area contributed by atoms with E-state index >= 15 is 0 Å². The fraction of sp³-hybridized carbons (Fsp3) is 0.261. The molecule has 2 aromatic rings. The molecular formula is C23H23N3O7. The van der Waals surface area contributed by atoms with Crippen LogP contribution in [0, 0.1) is 0 Å². The molecule has 1 atom stereocenters. The fourth-order valence-corrected chi connectivity index (χ4v) is 3.17. The van der Waals surface area contributed by atoms with Crippen LogP contribution in [0.4, 0.5) is 5.69 Å². The Morgan fingerprint density at radius 2 is 1.73 bits per heavy atom. The van der Waals surface area contributed by atoms with Gasteiger partial charge in [-0.25, -0.2) is 14.6 Å². The van der Waals surface area contributed by atoms with Gasteiger partial charge >= 0.3 is 11.9 Å². The van der Waals surface area contributed by atoms with Gasteiger partial charge in [-0.15, -0.1) is 0 Å². The number of amides is 3. The highest BCUT2D eigenvalue weighted by molar-refractivity contribution is 6.01. The lowest BCUT2D eigenvalue weighted by atomic mass is 10.1. The van der Waals surface area contributed by atoms with Gasteiger partial charge in [-0.2, -0.15) is 0 Å². The van der Waals surface area contributed by atoms with Crippen molar-refractivity contribution in [2.75, 3.05) is 18.7 Å². The summed E-state index contributed by atoms with van der Waals surface area (Å²) in [5.74, 6) is -2.58. The summed E-state index contributed by atoms with van der Waals surface area (Å²) in [6.07, 6.45) is 0.450. The van der Waals surface area contributed by atoms with E-state index in [0.717, 1.165) is 10.6 Å². The van der Waals surface area contributed by atoms with E-state index in [-0.39, 0.29) is 36.6 Å². The van der Waals surface area contributed by atoms with Gasteiger partial charge in [-0.3, -0.25) is 19.8 Å². The van der Waals surface area contributed by atoms with Gasteiger partial charge in [0, 0.05) is 19.3 Å². The number of hydrazine groups is 1. The second-order valence-corrected chi connectivity index (χ2v) is 7.22. The Morgan fingerprint density at radius 3 is 2.39 bits per heavy atom. The molecule has 2 N–H and O–H groups in total. The third-order valence-electron chi connectivity index (χ3n) is 4.85. The summed E-state index contributed by atoms with van der Waals surface area (Å²) in [6, 6.07) is 13.9. The largest absolute Gasteiger partial charge is 0.467 e. The number of nitrogens with zero attached hydrogens (tertiary/aromatic N) is 1. The molecule has 1 saturated heterocycles. The van der Waals surface area contributed by atoms with Crippen LogP contribution in [0.3, 0.4) is 0 Å². The maximum Gasteiger partial charge on any atom is 0.338 e. The summed E-state index contributed by atoms with van der Waals surface area (Å²) in [7, 11) is 1.22. The fourth-order valence-electron chi connectivity index (χ4n) is 3.17. The van der Waals surface area contributed by atoms with Crippen LogP contribution in [-0.2, 0) is 35.1 Å². The molecule has 1 fully saturated rings. The lowest BCUT2D eigenvalue weighted by Gasteiger charge is -2.27. The van der Waals surface area contributed by atoms with Gasteiger partial charge in [0.1, 0.15) is 6.04 Å². The van der Waals surface area contributed by atoms with Crippen molar-refractivity contribution in [2.24, 2.45) is 0 Å². The van der Waals surface area contributed by atoms with Gasteiger partial charge in [0.2, 0.25) is 11.8 Å². The van der Waals surface area contributed by atoms with Crippen molar-refractivity contribution in [3.63, 3.8) is 0 Å². The van der Waals surface area contributed by atoms with Crippen molar-refractivity contribution >= 4 is 35.3 Å². The minimum absolute atomic E-state index is 0.0988. The van der Waals surface area contributed by atoms with Crippen molar-refractivity contribution in [1.29, 1.82) is 0 Å². The van der Waals surface area contributed by atoms with Gasteiger partial charge < -0.3 is 14.8 Å². The van der Waals surface area contributed by atoms with Crippen molar-refractivity contribution in [2.45, 2.75) is 25.3 Å². The molecule has 3 amide bonds. The lowest BCUT2D eigenvalue weighted by molar-refractivity contribution is -0.145. The molecule has 1 heterocycles. The van der Waals surface area contributed by atoms with Crippen molar-refractivity contribution in [3.05, 3.63) is 65.7 Å². The highest BCUT2D eigenvalue weighted by Crippen LogP contribution is 2.18. The normalized spacial score (nSPS) is 14.2. The Morgan fingerprint density at radius 1 is 1.03 bits per heavy atom. The standard InChI is InChI=1S/C23H23N3O7/c1-32-23(31)18(13-15-5-3-2-4-6-15)24-20(28)14-33-22(30)16-7-9-17(10-8-16)26-21(29)12-11-19(27)25-26/h2-10,18H,11-14H2,1H3,(H,24,28)(H,25,27). The first kappa shape index (κ1) is 23.5. The average Bonchev–Trinajstić information content (AvgIpc) is 2.84. The first-order chi connectivity index (χ1) is 15.9. The second-order valence-electron chi connectivity index (χ2n) is 7.22. The minimum Gasteiger partial charge on any atom is -0.467 e. The summed E-state index contributed by atoms with van der Waals surface area (Å²) < 4.78 is 9.76. The Bertz CT molecular complexity index is 1040. The molecular weight excluding hydrogens is 430 g/mol. The van der Waals surface area contributed by atoms with E-state index in [2.05, 4.69) is 10.7 Å². The Balaban J connectivity index is 1.54. The van der Waals surface area contributed by atoms with Crippen LogP contribution < -0.4 is 15.8 Å². The molecule has 10 heteroatoms. The molecule has 0 spiro atoms. The zero-order valence-corrected chi connectivity index (χ0v) is 17.9. The monoisotopic (exact) mass is 453 g/mol. The zero-order valence-electron chi connectivity index (χ0n) is 17.9. The summed E-state index contributed by atoms with van der Waals surface area (Å²) >= 11 is 0. The topological polar surface area (TPSA) is 131 Å². The predicted octanol–water partition coefficient (Wildman–Crippen LogP) is 0.902. The molecule has 1 aliphatic rings. The van der Waals surface area contributed by atoms with Crippen LogP contribution >= 0.6 is 0 Å². The van der Waals surface area contributed by atoms with Crippen LogP contribution in [0.15, 0.2) is 54.6 Å². The quantitative estimate of drug-likeness (QED) is 0.568. The van der Waals surface area contributed by atoms with E-state index in [1.807, 2.05) is 30.3 Å². The van der Waals surface area contributed by atoms with Crippen LogP contribution in [0.5, 0.6) is 0 Å². The van der Waals surface area contributed by atoms with Crippen LogP contribution in [0.1, 0.15) is 28.8 Å². The third kappa shape index (κ3) is 6.39. The molecule has 2 aromatic carbocycles. The zero-order chi connectivity index (χ0) is 23.8. The van der Waals surface area contributed by atoms with Gasteiger partial charge in [0.15, 0.2) is 6.61 Å². The van der Waals surface area contributed by atoms with E-state index in [1.165, 1.54) is 31.4 Å². The van der Waals surface area contributed by atoms with Gasteiger partial charge in [-0.1, -0.05) is 30.3 Å². The number of rotatable bonds is 8. The highest BCUT2D eigenvalue weighted by atomic mass is 16.5. The summed E-state index contributed by atoms with van der Waals surface area (Å²) in [6.45, 7) is -0.594. The van der Waals surface area contributed by atoms with Gasteiger partial charge in [-0.05, 0) is 29.8 Å². The molecule has 1 unspecified atom stereocenters. The lowest BCUT2D eigenvalue weighted by Crippen LogP contribution is -2.50. The third-order valence-corrected chi connectivity index (χ3v) is 4.85. The number of carbonyl (C=O) groups is 5. The first-order valence-electron chi connectivity index (χ1n) is 10.2. The number of nitrogens with one attached hydrogen (secondary N) is 2. The van der Waals surface area contributed by atoms with Crippen LogP contribution in [-0.4, -0.2) is 49.4 Å². The summed E-state index contributed by atoms with van der Waals surface area (Å²) in [5, 5.41) is 3.63. The number of hydrogen-bond donors (Lipinski definition) is 2. The highest BCUT2D eigenvalue weighted by Gasteiger charge is 2.25. The Labute approximate surface area is 189 Å². The van der Waals surface area contributed by atoms with Crippen LogP contribution in [0.2, 0.25) is 0 Å². The summed E-state index contributed by atoms with van der Waals surface area (Å²) in [4.78, 5) is 60.0. The molecule has 0 aromatic heterocycles. The van der Waals surface area contributed by atoms with E-state index < -0.39 is 30.5 Å². The van der Waals surface area contributed by atoms with Crippen molar-refractivity contribution in [1.82, 2.24) is 10.7 Å². The number of hydrogen-bond acceptors (Lipinski definition) is 7. The van der Waals surface area contributed by atoms with Gasteiger partial charge in [0.25, 0.3) is 5.91 Å². The maximum absolute atomic E-state index is 12.3. The maximum atomic E-state index is 12.3. The first-order valence-corrected chi connectivity index (χ1v) is 10.2. The number of anilines is 1.